The van der Waals surface area contributed by atoms with Crippen LogP contribution in [0.2, 0.25) is 0 Å². The largest absolute Gasteiger partial charge is 0.313 e. The SMILES string of the molecule is N#Cc1ccc(-c2ccccc2C2=C(n3c4c(c5c(C#N)cccc53)CCC=C4)CCC=C2)cc1-n1c2ccccc2c2ccccc21. The summed E-state index contributed by atoms with van der Waals surface area (Å²) in [5.74, 6) is 0. The van der Waals surface area contributed by atoms with E-state index in [2.05, 4.69) is 137 Å². The summed E-state index contributed by atoms with van der Waals surface area (Å²) in [7, 11) is 0. The van der Waals surface area contributed by atoms with Gasteiger partial charge in [-0.25, -0.2) is 0 Å². The summed E-state index contributed by atoms with van der Waals surface area (Å²) in [5, 5.41) is 23.8. The van der Waals surface area contributed by atoms with Crippen molar-refractivity contribution in [1.82, 2.24) is 9.13 Å². The van der Waals surface area contributed by atoms with Gasteiger partial charge in [0, 0.05) is 33.1 Å². The van der Waals surface area contributed by atoms with Crippen LogP contribution in [0, 0.1) is 22.7 Å². The molecule has 0 atom stereocenters. The predicted octanol–water partition coefficient (Wildman–Crippen LogP) is 10.8. The van der Waals surface area contributed by atoms with Crippen molar-refractivity contribution >= 4 is 50.1 Å². The molecular weight excluding hydrogens is 585 g/mol. The lowest BCUT2D eigenvalue weighted by Gasteiger charge is -2.23. The van der Waals surface area contributed by atoms with Crippen molar-refractivity contribution in [2.45, 2.75) is 25.7 Å². The van der Waals surface area contributed by atoms with E-state index in [1.165, 1.54) is 33.3 Å². The zero-order chi connectivity index (χ0) is 32.2. The highest BCUT2D eigenvalue weighted by atomic mass is 15.0. The molecular formula is C44H30N4. The van der Waals surface area contributed by atoms with E-state index in [9.17, 15) is 10.5 Å². The predicted molar refractivity (Wildman–Crippen MR) is 196 cm³/mol. The van der Waals surface area contributed by atoms with E-state index in [0.717, 1.165) is 75.6 Å². The maximum atomic E-state index is 10.3. The van der Waals surface area contributed by atoms with Crippen molar-refractivity contribution in [2.75, 3.05) is 0 Å². The Kier molecular flexibility index (Phi) is 6.49. The van der Waals surface area contributed by atoms with Crippen LogP contribution in [0.25, 0.3) is 66.9 Å². The average Bonchev–Trinajstić information content (AvgIpc) is 3.68. The first kappa shape index (κ1) is 27.9. The summed E-state index contributed by atoms with van der Waals surface area (Å²) in [6, 6.07) is 42.7. The third-order valence-corrected chi connectivity index (χ3v) is 9.97. The second-order valence-corrected chi connectivity index (χ2v) is 12.5. The number of hydrogen-bond acceptors (Lipinski definition) is 2. The Morgan fingerprint density at radius 1 is 0.562 bits per heavy atom. The number of allylic oxidation sites excluding steroid dienone is 5. The summed E-state index contributed by atoms with van der Waals surface area (Å²) in [6.07, 6.45) is 12.8. The van der Waals surface area contributed by atoms with Gasteiger partial charge in [0.25, 0.3) is 0 Å². The van der Waals surface area contributed by atoms with Gasteiger partial charge in [0.2, 0.25) is 0 Å². The molecule has 9 rings (SSSR count). The summed E-state index contributed by atoms with van der Waals surface area (Å²) >= 11 is 0. The first-order valence-electron chi connectivity index (χ1n) is 16.5. The number of para-hydroxylation sites is 2. The first-order valence-corrected chi connectivity index (χ1v) is 16.5. The van der Waals surface area contributed by atoms with Crippen molar-refractivity contribution < 1.29 is 0 Å². The minimum Gasteiger partial charge on any atom is -0.313 e. The summed E-state index contributed by atoms with van der Waals surface area (Å²) < 4.78 is 4.65. The fourth-order valence-electron chi connectivity index (χ4n) is 7.93. The molecule has 2 aromatic heterocycles. The molecule has 2 heterocycles. The molecule has 226 valence electrons. The van der Waals surface area contributed by atoms with E-state index < -0.39 is 0 Å². The van der Waals surface area contributed by atoms with E-state index in [0.29, 0.717) is 5.56 Å². The van der Waals surface area contributed by atoms with E-state index in [-0.39, 0.29) is 0 Å². The van der Waals surface area contributed by atoms with Gasteiger partial charge in [-0.15, -0.1) is 0 Å². The van der Waals surface area contributed by atoms with Crippen LogP contribution in [0.1, 0.15) is 47.2 Å². The molecule has 0 saturated carbocycles. The van der Waals surface area contributed by atoms with Crippen LogP contribution in [0.4, 0.5) is 0 Å². The van der Waals surface area contributed by atoms with Crippen LogP contribution in [-0.4, -0.2) is 9.13 Å². The topological polar surface area (TPSA) is 57.4 Å². The fraction of sp³-hybridized carbons (Fsp3) is 0.0909. The van der Waals surface area contributed by atoms with E-state index in [1.54, 1.807) is 0 Å². The van der Waals surface area contributed by atoms with Crippen LogP contribution in [0.5, 0.6) is 0 Å². The smallest absolute Gasteiger partial charge is 0.101 e. The van der Waals surface area contributed by atoms with Gasteiger partial charge in [0.1, 0.15) is 6.07 Å². The molecule has 48 heavy (non-hydrogen) atoms. The normalized spacial score (nSPS) is 14.0. The van der Waals surface area contributed by atoms with Gasteiger partial charge in [-0.3, -0.25) is 0 Å². The van der Waals surface area contributed by atoms with E-state index >= 15 is 0 Å². The minimum atomic E-state index is 0.630. The molecule has 2 aliphatic rings. The first-order chi connectivity index (χ1) is 23.8. The molecule has 0 fully saturated rings. The Balaban J connectivity index is 1.29. The molecule has 0 radical (unpaired) electrons. The molecule has 0 spiro atoms. The van der Waals surface area contributed by atoms with Crippen molar-refractivity contribution in [3.63, 3.8) is 0 Å². The fourth-order valence-corrected chi connectivity index (χ4v) is 7.93. The zero-order valence-electron chi connectivity index (χ0n) is 26.3. The lowest BCUT2D eigenvalue weighted by molar-refractivity contribution is 0.932. The second kappa shape index (κ2) is 11.2. The Hall–Kier alpha value is -6.36. The van der Waals surface area contributed by atoms with Crippen molar-refractivity contribution in [3.8, 4) is 29.0 Å². The molecule has 0 aliphatic heterocycles. The molecule has 7 aromatic rings. The molecule has 5 aromatic carbocycles. The van der Waals surface area contributed by atoms with Crippen LogP contribution >= 0.6 is 0 Å². The van der Waals surface area contributed by atoms with Crippen LogP contribution in [-0.2, 0) is 6.42 Å². The van der Waals surface area contributed by atoms with Crippen LogP contribution < -0.4 is 0 Å². The average molecular weight is 615 g/mol. The molecule has 0 saturated heterocycles. The summed E-state index contributed by atoms with van der Waals surface area (Å²) in [5.41, 5.74) is 13.7. The lowest BCUT2D eigenvalue weighted by Crippen LogP contribution is -2.07. The van der Waals surface area contributed by atoms with E-state index in [4.69, 9.17) is 0 Å². The van der Waals surface area contributed by atoms with Crippen molar-refractivity contribution in [1.29, 1.82) is 10.5 Å². The summed E-state index contributed by atoms with van der Waals surface area (Å²) in [4.78, 5) is 0. The molecule has 0 N–H and O–H groups in total. The molecule has 0 amide bonds. The van der Waals surface area contributed by atoms with Gasteiger partial charge in [-0.05, 0) is 90.4 Å². The number of aryl methyl sites for hydroxylation is 1. The van der Waals surface area contributed by atoms with Gasteiger partial charge in [-0.2, -0.15) is 10.5 Å². The van der Waals surface area contributed by atoms with Crippen molar-refractivity contribution in [3.05, 3.63) is 155 Å². The Bertz CT molecular complexity index is 2590. The number of fused-ring (bicyclic) bond motifs is 6. The maximum absolute atomic E-state index is 10.3. The number of hydrogen-bond donors (Lipinski definition) is 0. The van der Waals surface area contributed by atoms with Crippen LogP contribution in [0.15, 0.2) is 127 Å². The highest BCUT2D eigenvalue weighted by molar-refractivity contribution is 6.09. The molecule has 4 nitrogen and oxygen atoms in total. The minimum absolute atomic E-state index is 0.630. The quantitative estimate of drug-likeness (QED) is 0.198. The second-order valence-electron chi connectivity index (χ2n) is 12.5. The van der Waals surface area contributed by atoms with Gasteiger partial charge < -0.3 is 9.13 Å². The standard InChI is InChI=1S/C44H30N4/c45-27-30-25-24-29(26-43(30)48-39-20-8-4-16-35(39)36-17-5-9-21-40(36)48)32-13-1-2-14-33(32)34-15-3-7-19-38(34)47-41-22-10-6-18-37(41)44-31(28-46)12-11-23-42(44)47/h1-5,8-17,20-26H,6-7,18-19H2. The number of rotatable bonds is 4. The lowest BCUT2D eigenvalue weighted by atomic mass is 9.89. The molecule has 2 aliphatic carbocycles. The molecule has 0 unspecified atom stereocenters. The van der Waals surface area contributed by atoms with Gasteiger partial charge in [-0.1, -0.05) is 91.0 Å². The summed E-state index contributed by atoms with van der Waals surface area (Å²) in [6.45, 7) is 0. The Morgan fingerprint density at radius 2 is 1.23 bits per heavy atom. The van der Waals surface area contributed by atoms with Crippen LogP contribution in [0.3, 0.4) is 0 Å². The van der Waals surface area contributed by atoms with Crippen molar-refractivity contribution in [2.24, 2.45) is 0 Å². The third kappa shape index (κ3) is 4.13. The van der Waals surface area contributed by atoms with Gasteiger partial charge in [0.15, 0.2) is 0 Å². The zero-order valence-corrected chi connectivity index (χ0v) is 26.3. The maximum Gasteiger partial charge on any atom is 0.101 e. The highest BCUT2D eigenvalue weighted by Crippen LogP contribution is 2.43. The monoisotopic (exact) mass is 614 g/mol. The molecule has 0 bridgehead atoms. The third-order valence-electron chi connectivity index (χ3n) is 9.97. The number of aromatic nitrogens is 2. The number of benzene rings is 5. The Labute approximate surface area is 279 Å². The van der Waals surface area contributed by atoms with Gasteiger partial charge in [0.05, 0.1) is 39.4 Å². The highest BCUT2D eigenvalue weighted by Gasteiger charge is 2.25. The number of nitrogens with zero attached hydrogens (tertiary/aromatic N) is 4. The van der Waals surface area contributed by atoms with Gasteiger partial charge >= 0.3 is 0 Å². The Morgan fingerprint density at radius 3 is 2.00 bits per heavy atom. The molecule has 4 heteroatoms. The van der Waals surface area contributed by atoms with E-state index in [1.807, 2.05) is 18.2 Å². The number of nitriles is 2.